The molecule has 3 heteroatoms. The third kappa shape index (κ3) is 3.08. The molecule has 0 atom stereocenters. The summed E-state index contributed by atoms with van der Waals surface area (Å²) in [6, 6.07) is 3.41. The highest BCUT2D eigenvalue weighted by atomic mass is 15.3. The van der Waals surface area contributed by atoms with E-state index in [1.165, 1.54) is 31.4 Å². The molecule has 1 heterocycles. The molecule has 1 aromatic heterocycles. The minimum Gasteiger partial charge on any atom is -0.314 e. The van der Waals surface area contributed by atoms with Crippen LogP contribution >= 0.6 is 0 Å². The van der Waals surface area contributed by atoms with Gasteiger partial charge in [0.15, 0.2) is 0 Å². The average molecular weight is 221 g/mol. The Morgan fingerprint density at radius 2 is 2.19 bits per heavy atom. The van der Waals surface area contributed by atoms with Crippen LogP contribution in [0.15, 0.2) is 12.3 Å². The Hall–Kier alpha value is -0.830. The fourth-order valence-electron chi connectivity index (χ4n) is 2.37. The molecule has 0 aromatic carbocycles. The van der Waals surface area contributed by atoms with E-state index in [2.05, 4.69) is 41.2 Å². The van der Waals surface area contributed by atoms with Gasteiger partial charge < -0.3 is 5.32 Å². The quantitative estimate of drug-likeness (QED) is 0.828. The van der Waals surface area contributed by atoms with Gasteiger partial charge in [-0.15, -0.1) is 0 Å². The SMILES string of the molecule is CC(C)NCCc1ccn(C2CCCC2)n1. The highest BCUT2D eigenvalue weighted by molar-refractivity contribution is 5.00. The molecule has 16 heavy (non-hydrogen) atoms. The number of nitrogens with one attached hydrogen (secondary N) is 1. The Kier molecular flexibility index (Phi) is 3.99. The van der Waals surface area contributed by atoms with Gasteiger partial charge in [0.1, 0.15) is 0 Å². The minimum absolute atomic E-state index is 0.567. The van der Waals surface area contributed by atoms with Crippen LogP contribution in [0.25, 0.3) is 0 Å². The van der Waals surface area contributed by atoms with E-state index in [1.807, 2.05) is 0 Å². The van der Waals surface area contributed by atoms with Gasteiger partial charge in [-0.05, 0) is 18.9 Å². The van der Waals surface area contributed by atoms with E-state index in [0.29, 0.717) is 12.1 Å². The van der Waals surface area contributed by atoms with Crippen molar-refractivity contribution < 1.29 is 0 Å². The Bertz CT molecular complexity index is 311. The summed E-state index contributed by atoms with van der Waals surface area (Å²) in [5.41, 5.74) is 1.22. The van der Waals surface area contributed by atoms with Crippen LogP contribution < -0.4 is 5.32 Å². The average Bonchev–Trinajstić information content (AvgIpc) is 2.85. The van der Waals surface area contributed by atoms with Crippen molar-refractivity contribution in [1.82, 2.24) is 15.1 Å². The molecule has 1 aliphatic rings. The molecule has 90 valence electrons. The predicted molar refractivity (Wildman–Crippen MR) is 66.6 cm³/mol. The first-order valence-electron chi connectivity index (χ1n) is 6.53. The van der Waals surface area contributed by atoms with Gasteiger partial charge in [0, 0.05) is 25.2 Å². The first kappa shape index (κ1) is 11.6. The zero-order valence-corrected chi connectivity index (χ0v) is 10.4. The fraction of sp³-hybridized carbons (Fsp3) is 0.769. The van der Waals surface area contributed by atoms with Crippen molar-refractivity contribution in [3.8, 4) is 0 Å². The predicted octanol–water partition coefficient (Wildman–Crippen LogP) is 2.54. The molecule has 0 aliphatic heterocycles. The molecule has 1 fully saturated rings. The molecular formula is C13H23N3. The van der Waals surface area contributed by atoms with Crippen LogP contribution in [0.5, 0.6) is 0 Å². The first-order chi connectivity index (χ1) is 7.75. The maximum Gasteiger partial charge on any atom is 0.0637 e. The third-order valence-corrected chi connectivity index (χ3v) is 3.30. The van der Waals surface area contributed by atoms with E-state index in [-0.39, 0.29) is 0 Å². The van der Waals surface area contributed by atoms with Crippen LogP contribution in [0.3, 0.4) is 0 Å². The lowest BCUT2D eigenvalue weighted by Crippen LogP contribution is -2.25. The lowest BCUT2D eigenvalue weighted by molar-refractivity contribution is 0.461. The normalized spacial score (nSPS) is 17.4. The second-order valence-corrected chi connectivity index (χ2v) is 5.08. The largest absolute Gasteiger partial charge is 0.314 e. The van der Waals surface area contributed by atoms with Crippen molar-refractivity contribution in [2.75, 3.05) is 6.54 Å². The van der Waals surface area contributed by atoms with E-state index < -0.39 is 0 Å². The summed E-state index contributed by atoms with van der Waals surface area (Å²) in [7, 11) is 0. The topological polar surface area (TPSA) is 29.9 Å². The molecule has 3 nitrogen and oxygen atoms in total. The van der Waals surface area contributed by atoms with Crippen molar-refractivity contribution >= 4 is 0 Å². The zero-order chi connectivity index (χ0) is 11.4. The molecule has 2 rings (SSSR count). The highest BCUT2D eigenvalue weighted by Crippen LogP contribution is 2.28. The van der Waals surface area contributed by atoms with E-state index in [4.69, 9.17) is 0 Å². The van der Waals surface area contributed by atoms with Crippen molar-refractivity contribution in [2.45, 2.75) is 58.0 Å². The maximum absolute atomic E-state index is 4.67. The molecule has 1 saturated carbocycles. The second-order valence-electron chi connectivity index (χ2n) is 5.08. The summed E-state index contributed by atoms with van der Waals surface area (Å²) >= 11 is 0. The molecule has 0 unspecified atom stereocenters. The van der Waals surface area contributed by atoms with Crippen LogP contribution in [0, 0.1) is 0 Å². The lowest BCUT2D eigenvalue weighted by atomic mass is 10.3. The summed E-state index contributed by atoms with van der Waals surface area (Å²) in [5.74, 6) is 0. The molecule has 0 bridgehead atoms. The molecule has 0 saturated heterocycles. The fourth-order valence-corrected chi connectivity index (χ4v) is 2.37. The van der Waals surface area contributed by atoms with Gasteiger partial charge in [0.25, 0.3) is 0 Å². The van der Waals surface area contributed by atoms with Gasteiger partial charge >= 0.3 is 0 Å². The monoisotopic (exact) mass is 221 g/mol. The van der Waals surface area contributed by atoms with Crippen molar-refractivity contribution in [1.29, 1.82) is 0 Å². The number of rotatable bonds is 5. The van der Waals surface area contributed by atoms with Gasteiger partial charge in [-0.1, -0.05) is 26.7 Å². The van der Waals surface area contributed by atoms with Crippen LogP contribution in [0.1, 0.15) is 51.3 Å². The van der Waals surface area contributed by atoms with E-state index >= 15 is 0 Å². The van der Waals surface area contributed by atoms with Gasteiger partial charge in [-0.3, -0.25) is 4.68 Å². The lowest BCUT2D eigenvalue weighted by Gasteiger charge is -2.09. The Morgan fingerprint density at radius 3 is 2.88 bits per heavy atom. The second kappa shape index (κ2) is 5.48. The number of nitrogens with zero attached hydrogens (tertiary/aromatic N) is 2. The van der Waals surface area contributed by atoms with Crippen molar-refractivity contribution in [3.63, 3.8) is 0 Å². The van der Waals surface area contributed by atoms with E-state index in [0.717, 1.165) is 13.0 Å². The Labute approximate surface area is 98.2 Å². The number of hydrogen-bond acceptors (Lipinski definition) is 2. The van der Waals surface area contributed by atoms with E-state index in [1.54, 1.807) is 0 Å². The summed E-state index contributed by atoms with van der Waals surface area (Å²) in [6.45, 7) is 5.38. The smallest absolute Gasteiger partial charge is 0.0637 e. The van der Waals surface area contributed by atoms with Crippen LogP contribution in [0.2, 0.25) is 0 Å². The van der Waals surface area contributed by atoms with Gasteiger partial charge in [0.05, 0.1) is 11.7 Å². The molecule has 0 amide bonds. The summed E-state index contributed by atoms with van der Waals surface area (Å²) in [5, 5.41) is 8.09. The third-order valence-electron chi connectivity index (χ3n) is 3.30. The standard InChI is InChI=1S/C13H23N3/c1-11(2)14-9-7-12-8-10-16(15-12)13-5-3-4-6-13/h8,10-11,13-14H,3-7,9H2,1-2H3. The molecular weight excluding hydrogens is 198 g/mol. The van der Waals surface area contributed by atoms with Crippen molar-refractivity contribution in [3.05, 3.63) is 18.0 Å². The summed E-state index contributed by atoms with van der Waals surface area (Å²) in [4.78, 5) is 0. The van der Waals surface area contributed by atoms with Crippen LogP contribution in [0.4, 0.5) is 0 Å². The molecule has 0 spiro atoms. The van der Waals surface area contributed by atoms with E-state index in [9.17, 15) is 0 Å². The minimum atomic E-state index is 0.567. The van der Waals surface area contributed by atoms with Gasteiger partial charge in [0.2, 0.25) is 0 Å². The van der Waals surface area contributed by atoms with Crippen LogP contribution in [-0.4, -0.2) is 22.4 Å². The molecule has 0 radical (unpaired) electrons. The van der Waals surface area contributed by atoms with Crippen molar-refractivity contribution in [2.24, 2.45) is 0 Å². The summed E-state index contributed by atoms with van der Waals surface area (Å²) < 4.78 is 2.18. The maximum atomic E-state index is 4.67. The zero-order valence-electron chi connectivity index (χ0n) is 10.4. The highest BCUT2D eigenvalue weighted by Gasteiger charge is 2.17. The Morgan fingerprint density at radius 1 is 1.44 bits per heavy atom. The number of hydrogen-bond donors (Lipinski definition) is 1. The first-order valence-corrected chi connectivity index (χ1v) is 6.53. The summed E-state index contributed by atoms with van der Waals surface area (Å²) in [6.07, 6.45) is 8.55. The molecule has 1 N–H and O–H groups in total. The van der Waals surface area contributed by atoms with Gasteiger partial charge in [-0.2, -0.15) is 5.10 Å². The van der Waals surface area contributed by atoms with Gasteiger partial charge in [-0.25, -0.2) is 0 Å². The number of aromatic nitrogens is 2. The Balaban J connectivity index is 1.82. The van der Waals surface area contributed by atoms with Crippen LogP contribution in [-0.2, 0) is 6.42 Å². The molecule has 1 aromatic rings. The molecule has 1 aliphatic carbocycles.